The SMILES string of the molecule is C[C@H]1CN(C(=O)c2ccnc(C#N)c2)Cc2nnc(-c3ccccc3)n21. The third-order valence-corrected chi connectivity index (χ3v) is 4.46. The Morgan fingerprint density at radius 3 is 2.81 bits per heavy atom. The number of hydrogen-bond acceptors (Lipinski definition) is 5. The monoisotopic (exact) mass is 344 g/mol. The summed E-state index contributed by atoms with van der Waals surface area (Å²) in [6.45, 7) is 2.98. The number of hydrogen-bond donors (Lipinski definition) is 0. The van der Waals surface area contributed by atoms with Crippen molar-refractivity contribution < 1.29 is 4.79 Å². The lowest BCUT2D eigenvalue weighted by atomic mass is 10.1. The van der Waals surface area contributed by atoms with Crippen LogP contribution < -0.4 is 0 Å². The molecule has 3 aromatic rings. The van der Waals surface area contributed by atoms with Gasteiger partial charge in [-0.15, -0.1) is 10.2 Å². The zero-order valence-corrected chi connectivity index (χ0v) is 14.2. The van der Waals surface area contributed by atoms with Gasteiger partial charge < -0.3 is 9.47 Å². The average molecular weight is 344 g/mol. The maximum Gasteiger partial charge on any atom is 0.254 e. The molecular weight excluding hydrogens is 328 g/mol. The lowest BCUT2D eigenvalue weighted by Crippen LogP contribution is -2.40. The Labute approximate surface area is 150 Å². The molecule has 4 rings (SSSR count). The number of carbonyl (C=O) groups excluding carboxylic acids is 1. The first kappa shape index (κ1) is 16.0. The first-order valence-corrected chi connectivity index (χ1v) is 8.32. The van der Waals surface area contributed by atoms with Crippen LogP contribution in [-0.2, 0) is 6.54 Å². The van der Waals surface area contributed by atoms with Gasteiger partial charge in [0.05, 0.1) is 12.6 Å². The predicted octanol–water partition coefficient (Wildman–Crippen LogP) is 2.43. The molecular formula is C19H16N6O. The van der Waals surface area contributed by atoms with Crippen LogP contribution in [0.3, 0.4) is 0 Å². The number of pyridine rings is 1. The van der Waals surface area contributed by atoms with Crippen molar-refractivity contribution in [3.63, 3.8) is 0 Å². The van der Waals surface area contributed by atoms with Crippen LogP contribution in [0, 0.1) is 11.3 Å². The fourth-order valence-corrected chi connectivity index (χ4v) is 3.28. The molecule has 1 atom stereocenters. The van der Waals surface area contributed by atoms with Crippen molar-refractivity contribution in [1.29, 1.82) is 5.26 Å². The maximum absolute atomic E-state index is 12.8. The van der Waals surface area contributed by atoms with E-state index >= 15 is 0 Å². The Morgan fingerprint density at radius 1 is 1.23 bits per heavy atom. The summed E-state index contributed by atoms with van der Waals surface area (Å²) in [4.78, 5) is 18.5. The van der Waals surface area contributed by atoms with Crippen molar-refractivity contribution >= 4 is 5.91 Å². The van der Waals surface area contributed by atoms with Gasteiger partial charge in [0.25, 0.3) is 5.91 Å². The smallest absolute Gasteiger partial charge is 0.254 e. The van der Waals surface area contributed by atoms with E-state index in [0.29, 0.717) is 18.7 Å². The number of aromatic nitrogens is 4. The van der Waals surface area contributed by atoms with Gasteiger partial charge in [0.1, 0.15) is 11.8 Å². The second kappa shape index (κ2) is 6.41. The predicted molar refractivity (Wildman–Crippen MR) is 93.9 cm³/mol. The molecule has 0 N–H and O–H groups in total. The van der Waals surface area contributed by atoms with E-state index in [4.69, 9.17) is 5.26 Å². The number of carbonyl (C=O) groups is 1. The zero-order valence-electron chi connectivity index (χ0n) is 14.2. The van der Waals surface area contributed by atoms with E-state index in [1.807, 2.05) is 43.3 Å². The maximum atomic E-state index is 12.8. The quantitative estimate of drug-likeness (QED) is 0.712. The first-order chi connectivity index (χ1) is 12.7. The van der Waals surface area contributed by atoms with Crippen LogP contribution in [0.15, 0.2) is 48.7 Å². The fourth-order valence-electron chi connectivity index (χ4n) is 3.28. The van der Waals surface area contributed by atoms with Crippen LogP contribution in [0.2, 0.25) is 0 Å². The van der Waals surface area contributed by atoms with E-state index in [-0.39, 0.29) is 17.6 Å². The highest BCUT2D eigenvalue weighted by Gasteiger charge is 2.30. The van der Waals surface area contributed by atoms with Gasteiger partial charge in [-0.3, -0.25) is 4.79 Å². The second-order valence-electron chi connectivity index (χ2n) is 6.25. The molecule has 3 heterocycles. The van der Waals surface area contributed by atoms with Crippen LogP contribution in [-0.4, -0.2) is 37.1 Å². The van der Waals surface area contributed by atoms with Gasteiger partial charge in [-0.2, -0.15) is 5.26 Å². The Hall–Kier alpha value is -3.53. The summed E-state index contributed by atoms with van der Waals surface area (Å²) in [7, 11) is 0. The third-order valence-electron chi connectivity index (χ3n) is 4.46. The van der Waals surface area contributed by atoms with Gasteiger partial charge in [0, 0.05) is 23.9 Å². The number of rotatable bonds is 2. The highest BCUT2D eigenvalue weighted by molar-refractivity contribution is 5.94. The summed E-state index contributed by atoms with van der Waals surface area (Å²) in [5.41, 5.74) is 1.70. The van der Waals surface area contributed by atoms with Gasteiger partial charge in [0.2, 0.25) is 0 Å². The molecule has 1 amide bonds. The van der Waals surface area contributed by atoms with Crippen LogP contribution in [0.4, 0.5) is 0 Å². The molecule has 7 heteroatoms. The first-order valence-electron chi connectivity index (χ1n) is 8.32. The van der Waals surface area contributed by atoms with E-state index in [0.717, 1.165) is 17.2 Å². The molecule has 0 bridgehead atoms. The fraction of sp³-hybridized carbons (Fsp3) is 0.211. The number of fused-ring (bicyclic) bond motifs is 1. The Balaban J connectivity index is 1.64. The van der Waals surface area contributed by atoms with Crippen molar-refractivity contribution in [2.24, 2.45) is 0 Å². The van der Waals surface area contributed by atoms with E-state index in [9.17, 15) is 4.79 Å². The van der Waals surface area contributed by atoms with Crippen LogP contribution in [0.1, 0.15) is 34.8 Å². The van der Waals surface area contributed by atoms with Gasteiger partial charge in [-0.05, 0) is 19.1 Å². The molecule has 1 aromatic carbocycles. The minimum atomic E-state index is -0.133. The van der Waals surface area contributed by atoms with Crippen LogP contribution >= 0.6 is 0 Å². The van der Waals surface area contributed by atoms with Crippen molar-refractivity contribution in [3.8, 4) is 17.5 Å². The average Bonchev–Trinajstić information content (AvgIpc) is 3.13. The molecule has 1 aliphatic rings. The summed E-state index contributed by atoms with van der Waals surface area (Å²) >= 11 is 0. The Kier molecular flexibility index (Phi) is 3.93. The summed E-state index contributed by atoms with van der Waals surface area (Å²) in [5, 5.41) is 17.6. The molecule has 0 fully saturated rings. The second-order valence-corrected chi connectivity index (χ2v) is 6.25. The van der Waals surface area contributed by atoms with Crippen molar-refractivity contribution in [2.75, 3.05) is 6.54 Å². The lowest BCUT2D eigenvalue weighted by molar-refractivity contribution is 0.0682. The van der Waals surface area contributed by atoms with Crippen molar-refractivity contribution in [3.05, 3.63) is 65.7 Å². The van der Waals surface area contributed by atoms with Gasteiger partial charge in [0.15, 0.2) is 11.6 Å². The largest absolute Gasteiger partial charge is 0.329 e. The van der Waals surface area contributed by atoms with Crippen LogP contribution in [0.25, 0.3) is 11.4 Å². The molecule has 128 valence electrons. The summed E-state index contributed by atoms with van der Waals surface area (Å²) in [6.07, 6.45) is 1.48. The summed E-state index contributed by atoms with van der Waals surface area (Å²) < 4.78 is 2.09. The minimum Gasteiger partial charge on any atom is -0.329 e. The molecule has 0 saturated carbocycles. The lowest BCUT2D eigenvalue weighted by Gasteiger charge is -2.32. The molecule has 0 radical (unpaired) electrons. The molecule has 1 aliphatic heterocycles. The standard InChI is InChI=1S/C19H16N6O/c1-13-11-24(19(26)15-7-8-21-16(9-15)10-20)12-17-22-23-18(25(13)17)14-5-3-2-4-6-14/h2-9,13H,11-12H2,1H3/t13-/m0/s1. The molecule has 7 nitrogen and oxygen atoms in total. The van der Waals surface area contributed by atoms with E-state index < -0.39 is 0 Å². The zero-order chi connectivity index (χ0) is 18.1. The minimum absolute atomic E-state index is 0.0465. The summed E-state index contributed by atoms with van der Waals surface area (Å²) in [5.74, 6) is 1.44. The van der Waals surface area contributed by atoms with Crippen LogP contribution in [0.5, 0.6) is 0 Å². The van der Waals surface area contributed by atoms with Crippen molar-refractivity contribution in [1.82, 2.24) is 24.6 Å². The number of benzene rings is 1. The molecule has 0 aliphatic carbocycles. The highest BCUT2D eigenvalue weighted by Crippen LogP contribution is 2.28. The Bertz CT molecular complexity index is 1000. The number of nitrogens with zero attached hydrogens (tertiary/aromatic N) is 6. The molecule has 2 aromatic heterocycles. The summed E-state index contributed by atoms with van der Waals surface area (Å²) in [6, 6.07) is 15.1. The normalized spacial score (nSPS) is 16.0. The third kappa shape index (κ3) is 2.71. The van der Waals surface area contributed by atoms with E-state index in [2.05, 4.69) is 19.7 Å². The number of nitriles is 1. The highest BCUT2D eigenvalue weighted by atomic mass is 16.2. The van der Waals surface area contributed by atoms with E-state index in [1.165, 1.54) is 12.3 Å². The van der Waals surface area contributed by atoms with Gasteiger partial charge in [-0.1, -0.05) is 30.3 Å². The topological polar surface area (TPSA) is 87.7 Å². The van der Waals surface area contributed by atoms with E-state index in [1.54, 1.807) is 11.0 Å². The molecule has 0 unspecified atom stereocenters. The van der Waals surface area contributed by atoms with Gasteiger partial charge >= 0.3 is 0 Å². The Morgan fingerprint density at radius 2 is 2.04 bits per heavy atom. The van der Waals surface area contributed by atoms with Gasteiger partial charge in [-0.25, -0.2) is 4.98 Å². The van der Waals surface area contributed by atoms with Crippen molar-refractivity contribution in [2.45, 2.75) is 19.5 Å². The number of amides is 1. The molecule has 0 spiro atoms. The molecule has 26 heavy (non-hydrogen) atoms. The molecule has 0 saturated heterocycles.